The van der Waals surface area contributed by atoms with Gasteiger partial charge in [0.1, 0.15) is 0 Å². The molecule has 0 saturated heterocycles. The standard InChI is InChI=1S/C20H19NO3/c1-2-21-18-11-7-6-10-17(18)20(24,19(21)23)14-16(22)13-12-15-8-4-3-5-9-15/h3-13,24H,2,14H2,1H3/b13-12+. The maximum atomic E-state index is 12.6. The number of allylic oxidation sites excluding steroid dienone is 1. The summed E-state index contributed by atoms with van der Waals surface area (Å²) in [7, 11) is 0. The van der Waals surface area contributed by atoms with Crippen molar-refractivity contribution in [2.75, 3.05) is 11.4 Å². The zero-order chi connectivity index (χ0) is 17.2. The van der Waals surface area contributed by atoms with E-state index in [-0.39, 0.29) is 12.2 Å². The molecule has 1 aliphatic rings. The number of hydrogen-bond donors (Lipinski definition) is 1. The summed E-state index contributed by atoms with van der Waals surface area (Å²) in [6.45, 7) is 2.30. The molecule has 0 radical (unpaired) electrons. The number of rotatable bonds is 5. The molecule has 0 spiro atoms. The van der Waals surface area contributed by atoms with Crippen LogP contribution in [0.2, 0.25) is 0 Å². The molecule has 122 valence electrons. The van der Waals surface area contributed by atoms with Crippen molar-refractivity contribution in [2.45, 2.75) is 18.9 Å². The van der Waals surface area contributed by atoms with Crippen LogP contribution in [-0.4, -0.2) is 23.3 Å². The van der Waals surface area contributed by atoms with E-state index in [0.29, 0.717) is 17.8 Å². The minimum Gasteiger partial charge on any atom is -0.375 e. The van der Waals surface area contributed by atoms with Gasteiger partial charge in [0.15, 0.2) is 11.4 Å². The first-order chi connectivity index (χ1) is 11.6. The monoisotopic (exact) mass is 321 g/mol. The molecule has 2 aromatic rings. The summed E-state index contributed by atoms with van der Waals surface area (Å²) in [5.74, 6) is -0.727. The number of ketones is 1. The third kappa shape index (κ3) is 2.76. The van der Waals surface area contributed by atoms with Gasteiger partial charge in [-0.3, -0.25) is 9.59 Å². The topological polar surface area (TPSA) is 57.6 Å². The maximum absolute atomic E-state index is 12.6. The molecular formula is C20H19NO3. The van der Waals surface area contributed by atoms with Crippen LogP contribution in [0.15, 0.2) is 60.7 Å². The predicted octanol–water partition coefficient (Wildman–Crippen LogP) is 2.91. The van der Waals surface area contributed by atoms with Gasteiger partial charge in [-0.15, -0.1) is 0 Å². The lowest BCUT2D eigenvalue weighted by molar-refractivity contribution is -0.140. The van der Waals surface area contributed by atoms with Gasteiger partial charge in [-0.05, 0) is 24.6 Å². The number of fused-ring (bicyclic) bond motifs is 1. The predicted molar refractivity (Wildman–Crippen MR) is 93.5 cm³/mol. The first-order valence-corrected chi connectivity index (χ1v) is 7.96. The van der Waals surface area contributed by atoms with Gasteiger partial charge in [0, 0.05) is 12.1 Å². The number of anilines is 1. The van der Waals surface area contributed by atoms with Crippen LogP contribution in [0.25, 0.3) is 6.08 Å². The highest BCUT2D eigenvalue weighted by Crippen LogP contribution is 2.42. The Morgan fingerprint density at radius 3 is 2.50 bits per heavy atom. The minimum absolute atomic E-state index is 0.261. The van der Waals surface area contributed by atoms with E-state index in [1.807, 2.05) is 43.3 Å². The van der Waals surface area contributed by atoms with E-state index >= 15 is 0 Å². The summed E-state index contributed by atoms with van der Waals surface area (Å²) in [6, 6.07) is 16.5. The summed E-state index contributed by atoms with van der Waals surface area (Å²) >= 11 is 0. The Labute approximate surface area is 141 Å². The largest absolute Gasteiger partial charge is 0.375 e. The van der Waals surface area contributed by atoms with Crippen LogP contribution in [0.5, 0.6) is 0 Å². The number of aliphatic hydroxyl groups is 1. The van der Waals surface area contributed by atoms with Crippen molar-refractivity contribution in [1.82, 2.24) is 0 Å². The lowest BCUT2D eigenvalue weighted by Gasteiger charge is -2.21. The second-order valence-electron chi connectivity index (χ2n) is 5.81. The molecule has 1 atom stereocenters. The van der Waals surface area contributed by atoms with Gasteiger partial charge in [0.25, 0.3) is 5.91 Å². The summed E-state index contributed by atoms with van der Waals surface area (Å²) in [4.78, 5) is 26.5. The molecule has 2 aromatic carbocycles. The molecule has 1 unspecified atom stereocenters. The van der Waals surface area contributed by atoms with Crippen molar-refractivity contribution in [3.63, 3.8) is 0 Å². The molecule has 0 fully saturated rings. The Morgan fingerprint density at radius 2 is 1.79 bits per heavy atom. The van der Waals surface area contributed by atoms with Crippen molar-refractivity contribution in [3.8, 4) is 0 Å². The summed E-state index contributed by atoms with van der Waals surface area (Å²) < 4.78 is 0. The van der Waals surface area contributed by atoms with Crippen molar-refractivity contribution in [2.24, 2.45) is 0 Å². The summed E-state index contributed by atoms with van der Waals surface area (Å²) in [5.41, 5.74) is 0.280. The molecular weight excluding hydrogens is 302 g/mol. The Kier molecular flexibility index (Phi) is 4.32. The molecule has 0 aromatic heterocycles. The van der Waals surface area contributed by atoms with Crippen molar-refractivity contribution in [1.29, 1.82) is 0 Å². The molecule has 0 bridgehead atoms. The number of para-hydroxylation sites is 1. The van der Waals surface area contributed by atoms with Gasteiger partial charge < -0.3 is 10.0 Å². The maximum Gasteiger partial charge on any atom is 0.264 e. The molecule has 24 heavy (non-hydrogen) atoms. The van der Waals surface area contributed by atoms with Crippen molar-refractivity contribution in [3.05, 3.63) is 71.8 Å². The molecule has 4 nitrogen and oxygen atoms in total. The van der Waals surface area contributed by atoms with Crippen LogP contribution in [0.4, 0.5) is 5.69 Å². The summed E-state index contributed by atoms with van der Waals surface area (Å²) in [5, 5.41) is 10.9. The average Bonchev–Trinajstić information content (AvgIpc) is 2.82. The van der Waals surface area contributed by atoms with Gasteiger partial charge in [-0.25, -0.2) is 0 Å². The number of nitrogens with zero attached hydrogens (tertiary/aromatic N) is 1. The highest BCUT2D eigenvalue weighted by Gasteiger charge is 2.49. The smallest absolute Gasteiger partial charge is 0.264 e. The fourth-order valence-electron chi connectivity index (χ4n) is 3.06. The minimum atomic E-state index is -1.79. The van der Waals surface area contributed by atoms with Crippen molar-refractivity contribution < 1.29 is 14.7 Å². The molecule has 4 heteroatoms. The normalized spacial score (nSPS) is 19.8. The lowest BCUT2D eigenvalue weighted by Crippen LogP contribution is -2.41. The first kappa shape index (κ1) is 16.1. The quantitative estimate of drug-likeness (QED) is 0.862. The Hall–Kier alpha value is -2.72. The second-order valence-corrected chi connectivity index (χ2v) is 5.81. The van der Waals surface area contributed by atoms with Crippen LogP contribution in [0, 0.1) is 0 Å². The van der Waals surface area contributed by atoms with Gasteiger partial charge in [-0.1, -0.05) is 54.6 Å². The van der Waals surface area contributed by atoms with E-state index in [4.69, 9.17) is 0 Å². The van der Waals surface area contributed by atoms with E-state index < -0.39 is 11.5 Å². The molecule has 0 aliphatic carbocycles. The van der Waals surface area contributed by atoms with Gasteiger partial charge in [0.2, 0.25) is 0 Å². The Balaban J connectivity index is 1.85. The first-order valence-electron chi connectivity index (χ1n) is 7.96. The third-order valence-electron chi connectivity index (χ3n) is 4.25. The van der Waals surface area contributed by atoms with Crippen LogP contribution in [-0.2, 0) is 15.2 Å². The second kappa shape index (κ2) is 6.42. The number of amides is 1. The van der Waals surface area contributed by atoms with E-state index in [9.17, 15) is 14.7 Å². The number of hydrogen-bond acceptors (Lipinski definition) is 3. The van der Waals surface area contributed by atoms with Gasteiger partial charge >= 0.3 is 0 Å². The Morgan fingerprint density at radius 1 is 1.12 bits per heavy atom. The highest BCUT2D eigenvalue weighted by molar-refractivity contribution is 6.10. The SMILES string of the molecule is CCN1C(=O)C(O)(CC(=O)/C=C/c2ccccc2)c2ccccc21. The molecule has 1 N–H and O–H groups in total. The molecule has 3 rings (SSSR count). The van der Waals surface area contributed by atoms with Crippen LogP contribution < -0.4 is 4.90 Å². The van der Waals surface area contributed by atoms with Gasteiger partial charge in [-0.2, -0.15) is 0 Å². The molecule has 1 amide bonds. The van der Waals surface area contributed by atoms with Crippen molar-refractivity contribution >= 4 is 23.5 Å². The highest BCUT2D eigenvalue weighted by atomic mass is 16.3. The van der Waals surface area contributed by atoms with E-state index in [1.54, 1.807) is 24.3 Å². The van der Waals surface area contributed by atoms with E-state index in [2.05, 4.69) is 0 Å². The van der Waals surface area contributed by atoms with Gasteiger partial charge in [0.05, 0.1) is 12.1 Å². The van der Waals surface area contributed by atoms with Crippen LogP contribution in [0.3, 0.4) is 0 Å². The molecule has 0 saturated carbocycles. The lowest BCUT2D eigenvalue weighted by atomic mass is 9.90. The number of benzene rings is 2. The number of carbonyl (C=O) groups is 2. The third-order valence-corrected chi connectivity index (χ3v) is 4.25. The number of likely N-dealkylation sites (N-methyl/N-ethyl adjacent to an activating group) is 1. The van der Waals surface area contributed by atoms with E-state index in [0.717, 1.165) is 5.56 Å². The molecule has 1 heterocycles. The van der Waals surface area contributed by atoms with E-state index in [1.165, 1.54) is 11.0 Å². The summed E-state index contributed by atoms with van der Waals surface area (Å²) in [6.07, 6.45) is 2.84. The average molecular weight is 321 g/mol. The fraction of sp³-hybridized carbons (Fsp3) is 0.200. The van der Waals surface area contributed by atoms with Crippen LogP contribution in [0.1, 0.15) is 24.5 Å². The zero-order valence-electron chi connectivity index (χ0n) is 13.5. The Bertz CT molecular complexity index is 798. The van der Waals surface area contributed by atoms with Crippen LogP contribution >= 0.6 is 0 Å². The zero-order valence-corrected chi connectivity index (χ0v) is 13.5. The number of carbonyl (C=O) groups excluding carboxylic acids is 2. The fourth-order valence-corrected chi connectivity index (χ4v) is 3.06. The molecule has 1 aliphatic heterocycles.